The van der Waals surface area contributed by atoms with Crippen molar-refractivity contribution in [3.05, 3.63) is 35.2 Å². The molecule has 0 fully saturated rings. The zero-order valence-electron chi connectivity index (χ0n) is 9.50. The van der Waals surface area contributed by atoms with Crippen molar-refractivity contribution >= 4 is 34.2 Å². The normalized spacial score (nSPS) is 10.4. The number of aromatic nitrogens is 1. The number of nitrogens with two attached hydrogens (primary N) is 1. The third-order valence-corrected chi connectivity index (χ3v) is 3.93. The lowest BCUT2D eigenvalue weighted by Crippen LogP contribution is -1.98. The van der Waals surface area contributed by atoms with E-state index in [1.807, 2.05) is 29.6 Å². The highest BCUT2D eigenvalue weighted by Gasteiger charge is 2.03. The number of hydrogen-bond donors (Lipinski definition) is 2. The first-order valence-corrected chi connectivity index (χ1v) is 7.28. The Hall–Kier alpha value is -1.53. The van der Waals surface area contributed by atoms with Crippen LogP contribution < -0.4 is 5.73 Å². The predicted molar refractivity (Wildman–Crippen MR) is 75.8 cm³/mol. The lowest BCUT2D eigenvalue weighted by Gasteiger charge is -2.01. The summed E-state index contributed by atoms with van der Waals surface area (Å²) < 4.78 is 0. The van der Waals surface area contributed by atoms with Crippen LogP contribution in [0.25, 0.3) is 11.3 Å². The van der Waals surface area contributed by atoms with Crippen LogP contribution in [0.15, 0.2) is 29.6 Å². The standard InChI is InChI=1S/C12H12N2O2S2/c13-12-14-10(6-18-12)9-3-1-8(2-4-9)5-17-7-11(15)16/h1-4,6H,5,7H2,(H2,13,14)(H,15,16). The molecule has 0 saturated carbocycles. The largest absolute Gasteiger partial charge is 0.481 e. The summed E-state index contributed by atoms with van der Waals surface area (Å²) in [6.45, 7) is 0. The molecule has 0 saturated heterocycles. The molecule has 0 amide bonds. The zero-order valence-corrected chi connectivity index (χ0v) is 11.1. The second-order valence-electron chi connectivity index (χ2n) is 3.65. The molecule has 18 heavy (non-hydrogen) atoms. The van der Waals surface area contributed by atoms with Crippen LogP contribution in [0, 0.1) is 0 Å². The fourth-order valence-corrected chi connectivity index (χ4v) is 2.73. The Balaban J connectivity index is 1.99. The van der Waals surface area contributed by atoms with Gasteiger partial charge in [0.1, 0.15) is 0 Å². The van der Waals surface area contributed by atoms with Crippen molar-refractivity contribution in [2.24, 2.45) is 0 Å². The minimum absolute atomic E-state index is 0.129. The van der Waals surface area contributed by atoms with Crippen LogP contribution in [0.3, 0.4) is 0 Å². The van der Waals surface area contributed by atoms with Crippen molar-refractivity contribution in [3.63, 3.8) is 0 Å². The van der Waals surface area contributed by atoms with Crippen LogP contribution in [0.5, 0.6) is 0 Å². The number of hydrogen-bond acceptors (Lipinski definition) is 5. The van der Waals surface area contributed by atoms with Crippen molar-refractivity contribution < 1.29 is 9.90 Å². The zero-order chi connectivity index (χ0) is 13.0. The number of carboxylic acid groups (broad SMARTS) is 1. The Morgan fingerprint density at radius 3 is 2.67 bits per heavy atom. The third kappa shape index (κ3) is 3.48. The second kappa shape index (κ2) is 5.88. The summed E-state index contributed by atoms with van der Waals surface area (Å²) in [6, 6.07) is 7.93. The van der Waals surface area contributed by atoms with E-state index in [-0.39, 0.29) is 5.75 Å². The highest BCUT2D eigenvalue weighted by molar-refractivity contribution is 7.99. The van der Waals surface area contributed by atoms with Gasteiger partial charge < -0.3 is 10.8 Å². The maximum absolute atomic E-state index is 10.4. The minimum Gasteiger partial charge on any atom is -0.481 e. The van der Waals surface area contributed by atoms with E-state index in [1.165, 1.54) is 23.1 Å². The average Bonchev–Trinajstić information content (AvgIpc) is 2.76. The molecule has 0 aliphatic heterocycles. The molecule has 1 heterocycles. The van der Waals surface area contributed by atoms with Gasteiger partial charge in [0.05, 0.1) is 11.4 Å². The lowest BCUT2D eigenvalue weighted by atomic mass is 10.1. The molecular formula is C12H12N2O2S2. The number of nitrogens with zero attached hydrogens (tertiary/aromatic N) is 1. The molecule has 94 valence electrons. The number of thioether (sulfide) groups is 1. The summed E-state index contributed by atoms with van der Waals surface area (Å²) in [5.41, 5.74) is 8.59. The van der Waals surface area contributed by atoms with E-state index in [1.54, 1.807) is 0 Å². The van der Waals surface area contributed by atoms with Crippen LogP contribution in [0.2, 0.25) is 0 Å². The van der Waals surface area contributed by atoms with Crippen LogP contribution >= 0.6 is 23.1 Å². The summed E-state index contributed by atoms with van der Waals surface area (Å²) >= 11 is 2.80. The molecule has 4 nitrogen and oxygen atoms in total. The Labute approximate surface area is 113 Å². The lowest BCUT2D eigenvalue weighted by molar-refractivity contribution is -0.133. The number of nitrogen functional groups attached to an aromatic ring is 1. The summed E-state index contributed by atoms with van der Waals surface area (Å²) in [4.78, 5) is 14.6. The molecule has 0 atom stereocenters. The Kier molecular flexibility index (Phi) is 4.22. The molecule has 0 radical (unpaired) electrons. The molecule has 0 aliphatic rings. The second-order valence-corrected chi connectivity index (χ2v) is 5.53. The summed E-state index contributed by atoms with van der Waals surface area (Å²) in [6.07, 6.45) is 0. The molecule has 2 aromatic rings. The van der Waals surface area contributed by atoms with E-state index in [4.69, 9.17) is 10.8 Å². The summed E-state index contributed by atoms with van der Waals surface area (Å²) in [5, 5.41) is 11.0. The van der Waals surface area contributed by atoms with Crippen molar-refractivity contribution in [3.8, 4) is 11.3 Å². The van der Waals surface area contributed by atoms with Gasteiger partial charge in [0.2, 0.25) is 0 Å². The van der Waals surface area contributed by atoms with Gasteiger partial charge in [0.15, 0.2) is 5.13 Å². The molecule has 1 aromatic heterocycles. The number of benzene rings is 1. The van der Waals surface area contributed by atoms with Gasteiger partial charge in [-0.1, -0.05) is 24.3 Å². The van der Waals surface area contributed by atoms with Gasteiger partial charge >= 0.3 is 5.97 Å². The molecule has 0 bridgehead atoms. The van der Waals surface area contributed by atoms with Crippen LogP contribution in [0.1, 0.15) is 5.56 Å². The van der Waals surface area contributed by atoms with E-state index in [2.05, 4.69) is 4.98 Å². The highest BCUT2D eigenvalue weighted by Crippen LogP contribution is 2.24. The monoisotopic (exact) mass is 280 g/mol. The predicted octanol–water partition coefficient (Wildman–Crippen LogP) is 2.71. The number of aliphatic carboxylic acids is 1. The Morgan fingerprint density at radius 2 is 2.11 bits per heavy atom. The van der Waals surface area contributed by atoms with E-state index in [9.17, 15) is 4.79 Å². The maximum Gasteiger partial charge on any atom is 0.313 e. The topological polar surface area (TPSA) is 76.2 Å². The van der Waals surface area contributed by atoms with Crippen molar-refractivity contribution in [1.82, 2.24) is 4.98 Å². The van der Waals surface area contributed by atoms with Crippen molar-refractivity contribution in [2.75, 3.05) is 11.5 Å². The van der Waals surface area contributed by atoms with E-state index >= 15 is 0 Å². The molecule has 0 aliphatic carbocycles. The smallest absolute Gasteiger partial charge is 0.313 e. The maximum atomic E-state index is 10.4. The number of carboxylic acids is 1. The minimum atomic E-state index is -0.783. The van der Waals surface area contributed by atoms with Crippen LogP contribution in [-0.2, 0) is 10.5 Å². The molecule has 2 rings (SSSR count). The van der Waals surface area contributed by atoms with Gasteiger partial charge in [-0.2, -0.15) is 0 Å². The fraction of sp³-hybridized carbons (Fsp3) is 0.167. The Morgan fingerprint density at radius 1 is 1.39 bits per heavy atom. The number of rotatable bonds is 5. The summed E-state index contributed by atoms with van der Waals surface area (Å²) in [7, 11) is 0. The molecular weight excluding hydrogens is 268 g/mol. The van der Waals surface area contributed by atoms with Crippen LogP contribution in [-0.4, -0.2) is 21.8 Å². The molecule has 6 heteroatoms. The van der Waals surface area contributed by atoms with Gasteiger partial charge in [-0.05, 0) is 5.56 Å². The van der Waals surface area contributed by atoms with Gasteiger partial charge in [0, 0.05) is 16.7 Å². The number of carbonyl (C=O) groups is 1. The quantitative estimate of drug-likeness (QED) is 0.880. The number of anilines is 1. The molecule has 3 N–H and O–H groups in total. The van der Waals surface area contributed by atoms with E-state index in [0.717, 1.165) is 16.8 Å². The van der Waals surface area contributed by atoms with Gasteiger partial charge in [0.25, 0.3) is 0 Å². The molecule has 0 spiro atoms. The van der Waals surface area contributed by atoms with Gasteiger partial charge in [-0.15, -0.1) is 23.1 Å². The van der Waals surface area contributed by atoms with Gasteiger partial charge in [-0.25, -0.2) is 4.98 Å². The van der Waals surface area contributed by atoms with Gasteiger partial charge in [-0.3, -0.25) is 4.79 Å². The number of thiazole rings is 1. The first-order chi connectivity index (χ1) is 8.65. The van der Waals surface area contributed by atoms with Crippen LogP contribution in [0.4, 0.5) is 5.13 Å². The molecule has 1 aromatic carbocycles. The Bertz CT molecular complexity index is 537. The SMILES string of the molecule is Nc1nc(-c2ccc(CSCC(=O)O)cc2)cs1. The van der Waals surface area contributed by atoms with Crippen molar-refractivity contribution in [1.29, 1.82) is 0 Å². The first-order valence-electron chi connectivity index (χ1n) is 5.25. The first kappa shape index (κ1) is 12.9. The molecule has 0 unspecified atom stereocenters. The van der Waals surface area contributed by atoms with E-state index in [0.29, 0.717) is 10.9 Å². The van der Waals surface area contributed by atoms with Crippen molar-refractivity contribution in [2.45, 2.75) is 5.75 Å². The average molecular weight is 280 g/mol. The third-order valence-electron chi connectivity index (χ3n) is 2.27. The highest BCUT2D eigenvalue weighted by atomic mass is 32.2. The van der Waals surface area contributed by atoms with E-state index < -0.39 is 5.97 Å². The fourth-order valence-electron chi connectivity index (χ4n) is 1.45. The summed E-state index contributed by atoms with van der Waals surface area (Å²) in [5.74, 6) is 0.0467.